The van der Waals surface area contributed by atoms with Crippen molar-refractivity contribution in [3.05, 3.63) is 34.2 Å². The number of morpholine rings is 1. The topological polar surface area (TPSA) is 71.5 Å². The molecule has 3 rings (SSSR count). The van der Waals surface area contributed by atoms with Crippen molar-refractivity contribution in [1.82, 2.24) is 19.9 Å². The third-order valence-electron chi connectivity index (χ3n) is 3.66. The van der Waals surface area contributed by atoms with Gasteiger partial charge in [-0.25, -0.2) is 15.0 Å². The molecule has 0 aromatic carbocycles. The van der Waals surface area contributed by atoms with Crippen LogP contribution in [0, 0.1) is 6.92 Å². The molecule has 122 valence electrons. The summed E-state index contributed by atoms with van der Waals surface area (Å²) in [5, 5.41) is 1.76. The Morgan fingerprint density at radius 1 is 1.43 bits per heavy atom. The number of amides is 1. The van der Waals surface area contributed by atoms with Crippen LogP contribution in [-0.2, 0) is 4.74 Å². The van der Waals surface area contributed by atoms with Gasteiger partial charge in [-0.3, -0.25) is 4.79 Å². The summed E-state index contributed by atoms with van der Waals surface area (Å²) in [4.78, 5) is 29.6. The molecule has 1 aliphatic heterocycles. The number of aryl methyl sites for hydroxylation is 1. The fourth-order valence-corrected chi connectivity index (χ4v) is 3.00. The standard InChI is InChI=1S/C15H19N5O2S/c1-10-6-13(19(2)3)18-14(17-10)12-7-22-5-4-20(12)15(21)11-8-23-9-16-11/h6,8-9,12H,4-5,7H2,1-3H3/t12-/m1/s1. The molecule has 0 saturated carbocycles. The molecule has 2 aromatic rings. The molecule has 1 aliphatic rings. The predicted octanol–water partition coefficient (Wildman–Crippen LogP) is 1.52. The van der Waals surface area contributed by atoms with Gasteiger partial charge in [0, 0.05) is 37.8 Å². The zero-order valence-corrected chi connectivity index (χ0v) is 14.2. The summed E-state index contributed by atoms with van der Waals surface area (Å²) in [5.74, 6) is 1.33. The first-order chi connectivity index (χ1) is 11.1. The molecule has 3 heterocycles. The molecule has 0 bridgehead atoms. The number of hydrogen-bond acceptors (Lipinski definition) is 7. The molecular weight excluding hydrogens is 314 g/mol. The molecule has 23 heavy (non-hydrogen) atoms. The van der Waals surface area contributed by atoms with Gasteiger partial charge in [-0.1, -0.05) is 0 Å². The first-order valence-corrected chi connectivity index (χ1v) is 8.30. The molecule has 1 fully saturated rings. The average molecular weight is 333 g/mol. The summed E-state index contributed by atoms with van der Waals surface area (Å²) in [6.07, 6.45) is 0. The quantitative estimate of drug-likeness (QED) is 0.848. The van der Waals surface area contributed by atoms with Crippen LogP contribution in [0.4, 0.5) is 5.82 Å². The van der Waals surface area contributed by atoms with Crippen molar-refractivity contribution in [2.75, 3.05) is 38.8 Å². The van der Waals surface area contributed by atoms with Gasteiger partial charge in [0.1, 0.15) is 17.6 Å². The highest BCUT2D eigenvalue weighted by Gasteiger charge is 2.32. The van der Waals surface area contributed by atoms with Crippen molar-refractivity contribution < 1.29 is 9.53 Å². The fraction of sp³-hybridized carbons (Fsp3) is 0.467. The summed E-state index contributed by atoms with van der Waals surface area (Å²) < 4.78 is 5.57. The molecule has 0 N–H and O–H groups in total. The molecule has 2 aromatic heterocycles. The Bertz CT molecular complexity index is 689. The van der Waals surface area contributed by atoms with E-state index in [1.807, 2.05) is 32.0 Å². The summed E-state index contributed by atoms with van der Waals surface area (Å²) in [6.45, 7) is 3.34. The first-order valence-electron chi connectivity index (χ1n) is 7.36. The van der Waals surface area contributed by atoms with Gasteiger partial charge in [0.25, 0.3) is 5.91 Å². The Kier molecular flexibility index (Phi) is 4.53. The highest BCUT2D eigenvalue weighted by atomic mass is 32.1. The molecule has 7 nitrogen and oxygen atoms in total. The summed E-state index contributed by atoms with van der Waals surface area (Å²) >= 11 is 1.41. The van der Waals surface area contributed by atoms with Crippen LogP contribution in [0.1, 0.15) is 28.0 Å². The molecule has 1 atom stereocenters. The molecule has 8 heteroatoms. The van der Waals surface area contributed by atoms with Gasteiger partial charge in [0.15, 0.2) is 5.82 Å². The van der Waals surface area contributed by atoms with Crippen molar-refractivity contribution in [2.24, 2.45) is 0 Å². The molecule has 0 spiro atoms. The highest BCUT2D eigenvalue weighted by molar-refractivity contribution is 7.07. The van der Waals surface area contributed by atoms with E-state index in [1.165, 1.54) is 11.3 Å². The zero-order chi connectivity index (χ0) is 16.4. The lowest BCUT2D eigenvalue weighted by Gasteiger charge is -2.34. The van der Waals surface area contributed by atoms with Gasteiger partial charge in [-0.2, -0.15) is 0 Å². The lowest BCUT2D eigenvalue weighted by Crippen LogP contribution is -2.44. The maximum Gasteiger partial charge on any atom is 0.274 e. The number of hydrogen-bond donors (Lipinski definition) is 0. The molecule has 0 aliphatic carbocycles. The van der Waals surface area contributed by atoms with Gasteiger partial charge in [0.2, 0.25) is 0 Å². The Hall–Kier alpha value is -2.06. The van der Waals surface area contributed by atoms with E-state index < -0.39 is 0 Å². The number of anilines is 1. The van der Waals surface area contributed by atoms with Gasteiger partial charge >= 0.3 is 0 Å². The zero-order valence-electron chi connectivity index (χ0n) is 13.4. The molecule has 0 unspecified atom stereocenters. The second-order valence-electron chi connectivity index (χ2n) is 5.58. The van der Waals surface area contributed by atoms with Gasteiger partial charge in [-0.15, -0.1) is 11.3 Å². The van der Waals surface area contributed by atoms with Crippen molar-refractivity contribution in [3.63, 3.8) is 0 Å². The number of aromatic nitrogens is 3. The van der Waals surface area contributed by atoms with E-state index in [1.54, 1.807) is 15.8 Å². The van der Waals surface area contributed by atoms with Crippen LogP contribution in [0.25, 0.3) is 0 Å². The van der Waals surface area contributed by atoms with E-state index in [4.69, 9.17) is 4.74 Å². The maximum atomic E-state index is 12.7. The van der Waals surface area contributed by atoms with Crippen LogP contribution in [0.5, 0.6) is 0 Å². The lowest BCUT2D eigenvalue weighted by atomic mass is 10.2. The number of carbonyl (C=O) groups excluding carboxylic acids is 1. The minimum atomic E-state index is -0.295. The van der Waals surface area contributed by atoms with Gasteiger partial charge in [0.05, 0.1) is 18.7 Å². The summed E-state index contributed by atoms with van der Waals surface area (Å²) in [5.41, 5.74) is 2.99. The smallest absolute Gasteiger partial charge is 0.274 e. The highest BCUT2D eigenvalue weighted by Crippen LogP contribution is 2.25. The number of carbonyl (C=O) groups is 1. The van der Waals surface area contributed by atoms with Crippen molar-refractivity contribution >= 4 is 23.1 Å². The SMILES string of the molecule is Cc1cc(N(C)C)nc([C@H]2COCCN2C(=O)c2cscn2)n1. The minimum Gasteiger partial charge on any atom is -0.377 e. The minimum absolute atomic E-state index is 0.101. The van der Waals surface area contributed by atoms with Crippen LogP contribution >= 0.6 is 11.3 Å². The number of rotatable bonds is 3. The normalized spacial score (nSPS) is 18.0. The van der Waals surface area contributed by atoms with E-state index in [-0.39, 0.29) is 11.9 Å². The molecular formula is C15H19N5O2S. The second kappa shape index (κ2) is 6.59. The second-order valence-corrected chi connectivity index (χ2v) is 6.30. The van der Waals surface area contributed by atoms with Crippen LogP contribution in [-0.4, -0.2) is 59.6 Å². The van der Waals surface area contributed by atoms with Crippen molar-refractivity contribution in [3.8, 4) is 0 Å². The lowest BCUT2D eigenvalue weighted by molar-refractivity contribution is -0.00550. The third kappa shape index (κ3) is 3.32. The summed E-state index contributed by atoms with van der Waals surface area (Å²) in [7, 11) is 3.86. The first kappa shape index (κ1) is 15.8. The van der Waals surface area contributed by atoms with Gasteiger partial charge in [-0.05, 0) is 6.92 Å². The van der Waals surface area contributed by atoms with Crippen LogP contribution in [0.2, 0.25) is 0 Å². The largest absolute Gasteiger partial charge is 0.377 e. The predicted molar refractivity (Wildman–Crippen MR) is 87.8 cm³/mol. The van der Waals surface area contributed by atoms with Crippen molar-refractivity contribution in [1.29, 1.82) is 0 Å². The maximum absolute atomic E-state index is 12.7. The number of nitrogens with zero attached hydrogens (tertiary/aromatic N) is 5. The Balaban J connectivity index is 1.94. The summed E-state index contributed by atoms with van der Waals surface area (Å²) in [6, 6.07) is 1.62. The number of thiazole rings is 1. The molecule has 1 saturated heterocycles. The van der Waals surface area contributed by atoms with Gasteiger partial charge < -0.3 is 14.5 Å². The van der Waals surface area contributed by atoms with Crippen LogP contribution < -0.4 is 4.90 Å². The van der Waals surface area contributed by atoms with E-state index in [9.17, 15) is 4.79 Å². The molecule has 0 radical (unpaired) electrons. The average Bonchev–Trinajstić information content (AvgIpc) is 3.08. The monoisotopic (exact) mass is 333 g/mol. The Morgan fingerprint density at radius 3 is 2.96 bits per heavy atom. The Labute approximate surface area is 138 Å². The third-order valence-corrected chi connectivity index (χ3v) is 4.24. The fourth-order valence-electron chi connectivity index (χ4n) is 2.48. The van der Waals surface area contributed by atoms with Crippen LogP contribution in [0.15, 0.2) is 17.0 Å². The van der Waals surface area contributed by atoms with E-state index >= 15 is 0 Å². The van der Waals surface area contributed by atoms with E-state index in [0.717, 1.165) is 11.5 Å². The van der Waals surface area contributed by atoms with E-state index in [2.05, 4.69) is 15.0 Å². The van der Waals surface area contributed by atoms with E-state index in [0.29, 0.717) is 31.3 Å². The van der Waals surface area contributed by atoms with Crippen molar-refractivity contribution in [2.45, 2.75) is 13.0 Å². The number of ether oxygens (including phenoxy) is 1. The molecule has 1 amide bonds. The van der Waals surface area contributed by atoms with Crippen LogP contribution in [0.3, 0.4) is 0 Å². The Morgan fingerprint density at radius 2 is 2.26 bits per heavy atom.